The molecule has 4 rings (SSSR count). The molecular formula is C25H25ClF3N3. The van der Waals surface area contributed by atoms with Crippen molar-refractivity contribution < 1.29 is 13.2 Å². The molecule has 2 heterocycles. The molecule has 0 amide bonds. The first kappa shape index (κ1) is 22.6. The summed E-state index contributed by atoms with van der Waals surface area (Å²) in [6, 6.07) is 20.9. The highest BCUT2D eigenvalue weighted by Gasteiger charge is 2.35. The van der Waals surface area contributed by atoms with Gasteiger partial charge in [-0.2, -0.15) is 13.2 Å². The molecule has 0 aliphatic carbocycles. The van der Waals surface area contributed by atoms with Crippen LogP contribution in [0.15, 0.2) is 72.9 Å². The van der Waals surface area contributed by atoms with Crippen molar-refractivity contribution in [2.24, 2.45) is 5.92 Å². The van der Waals surface area contributed by atoms with Gasteiger partial charge in [0.05, 0.1) is 5.56 Å². The number of hydrogen-bond donors (Lipinski definition) is 0. The Balaban J connectivity index is 1.51. The van der Waals surface area contributed by atoms with E-state index in [4.69, 9.17) is 11.6 Å². The van der Waals surface area contributed by atoms with E-state index in [1.165, 1.54) is 17.2 Å². The summed E-state index contributed by atoms with van der Waals surface area (Å²) in [5.74, 6) is 1.14. The van der Waals surface area contributed by atoms with Crippen molar-refractivity contribution in [1.82, 2.24) is 9.88 Å². The first-order valence-corrected chi connectivity index (χ1v) is 10.9. The Kier molecular flexibility index (Phi) is 6.72. The van der Waals surface area contributed by atoms with Crippen LogP contribution in [0.3, 0.4) is 0 Å². The van der Waals surface area contributed by atoms with E-state index in [-0.39, 0.29) is 0 Å². The minimum atomic E-state index is -4.38. The van der Waals surface area contributed by atoms with Crippen LogP contribution in [-0.2, 0) is 12.7 Å². The van der Waals surface area contributed by atoms with E-state index < -0.39 is 11.7 Å². The SMILES string of the molecule is CN(C[C@H]1CN(Cc2ccccc2)C[C@@H]1c1ccc(Cl)cc1)c1ccc(C(F)(F)F)cn1. The number of benzene rings is 2. The van der Waals surface area contributed by atoms with Gasteiger partial charge in [0.15, 0.2) is 0 Å². The Morgan fingerprint density at radius 3 is 2.34 bits per heavy atom. The summed E-state index contributed by atoms with van der Waals surface area (Å²) in [4.78, 5) is 8.44. The molecule has 0 unspecified atom stereocenters. The van der Waals surface area contributed by atoms with Gasteiger partial charge in [-0.25, -0.2) is 4.98 Å². The minimum absolute atomic E-state index is 0.299. The lowest BCUT2D eigenvalue weighted by molar-refractivity contribution is -0.137. The summed E-state index contributed by atoms with van der Waals surface area (Å²) < 4.78 is 38.6. The number of nitrogens with zero attached hydrogens (tertiary/aromatic N) is 3. The average Bonchev–Trinajstić information content (AvgIpc) is 3.16. The lowest BCUT2D eigenvalue weighted by Gasteiger charge is -2.26. The molecule has 1 saturated heterocycles. The first-order valence-electron chi connectivity index (χ1n) is 10.6. The van der Waals surface area contributed by atoms with E-state index in [1.807, 2.05) is 42.3 Å². The molecule has 0 N–H and O–H groups in total. The summed E-state index contributed by atoms with van der Waals surface area (Å²) >= 11 is 6.09. The highest BCUT2D eigenvalue weighted by molar-refractivity contribution is 6.30. The van der Waals surface area contributed by atoms with Crippen molar-refractivity contribution in [3.63, 3.8) is 0 Å². The van der Waals surface area contributed by atoms with Crippen LogP contribution in [0.4, 0.5) is 19.0 Å². The fraction of sp³-hybridized carbons (Fsp3) is 0.320. The molecule has 1 aliphatic rings. The lowest BCUT2D eigenvalue weighted by atomic mass is 9.88. The predicted octanol–water partition coefficient (Wildman–Crippen LogP) is 6.11. The molecule has 0 radical (unpaired) electrons. The molecule has 32 heavy (non-hydrogen) atoms. The molecular weight excluding hydrogens is 435 g/mol. The Bertz CT molecular complexity index is 1010. The number of hydrogen-bond acceptors (Lipinski definition) is 3. The highest BCUT2D eigenvalue weighted by Crippen LogP contribution is 2.35. The monoisotopic (exact) mass is 459 g/mol. The Morgan fingerprint density at radius 2 is 1.72 bits per heavy atom. The van der Waals surface area contributed by atoms with Crippen molar-refractivity contribution >= 4 is 17.4 Å². The van der Waals surface area contributed by atoms with Gasteiger partial charge in [-0.15, -0.1) is 0 Å². The topological polar surface area (TPSA) is 19.4 Å². The highest BCUT2D eigenvalue weighted by atomic mass is 35.5. The van der Waals surface area contributed by atoms with E-state index in [0.717, 1.165) is 31.9 Å². The predicted molar refractivity (Wildman–Crippen MR) is 122 cm³/mol. The minimum Gasteiger partial charge on any atom is -0.359 e. The third-order valence-electron chi connectivity index (χ3n) is 6.04. The molecule has 1 aromatic heterocycles. The second-order valence-corrected chi connectivity index (χ2v) is 8.82. The van der Waals surface area contributed by atoms with E-state index in [2.05, 4.69) is 34.1 Å². The zero-order valence-electron chi connectivity index (χ0n) is 17.8. The number of pyridine rings is 1. The second-order valence-electron chi connectivity index (χ2n) is 8.38. The Morgan fingerprint density at radius 1 is 1.00 bits per heavy atom. The fourth-order valence-electron chi connectivity index (χ4n) is 4.43. The van der Waals surface area contributed by atoms with Crippen LogP contribution in [0.5, 0.6) is 0 Å². The summed E-state index contributed by atoms with van der Waals surface area (Å²) in [6.07, 6.45) is -3.48. The maximum Gasteiger partial charge on any atom is 0.417 e. The number of likely N-dealkylation sites (tertiary alicyclic amines) is 1. The van der Waals surface area contributed by atoms with Gasteiger partial charge in [0.25, 0.3) is 0 Å². The fourth-order valence-corrected chi connectivity index (χ4v) is 4.55. The summed E-state index contributed by atoms with van der Waals surface area (Å²) in [7, 11) is 1.88. The van der Waals surface area contributed by atoms with E-state index in [1.54, 1.807) is 0 Å². The summed E-state index contributed by atoms with van der Waals surface area (Å²) in [5, 5.41) is 0.704. The van der Waals surface area contributed by atoms with Gasteiger partial charge in [-0.3, -0.25) is 4.90 Å². The van der Waals surface area contributed by atoms with Crippen molar-refractivity contribution in [2.75, 3.05) is 31.6 Å². The Labute approximate surface area is 191 Å². The Hall–Kier alpha value is -2.57. The lowest BCUT2D eigenvalue weighted by Crippen LogP contribution is -2.30. The molecule has 0 spiro atoms. The first-order chi connectivity index (χ1) is 15.3. The summed E-state index contributed by atoms with van der Waals surface area (Å²) in [6.45, 7) is 3.36. The number of alkyl halides is 3. The normalized spacial score (nSPS) is 19.3. The van der Waals surface area contributed by atoms with Gasteiger partial charge in [0.2, 0.25) is 0 Å². The maximum absolute atomic E-state index is 12.9. The molecule has 0 bridgehead atoms. The largest absolute Gasteiger partial charge is 0.417 e. The standard InChI is InChI=1S/C25H25ClF3N3/c1-31(24-12-9-21(13-30-24)25(27,28)29)15-20-16-32(14-18-5-3-2-4-6-18)17-23(20)19-7-10-22(26)11-8-19/h2-13,20,23H,14-17H2,1H3/t20-,23+/m0/s1. The van der Waals surface area contributed by atoms with E-state index >= 15 is 0 Å². The van der Waals surface area contributed by atoms with Gasteiger partial charge >= 0.3 is 6.18 Å². The smallest absolute Gasteiger partial charge is 0.359 e. The number of anilines is 1. The third-order valence-corrected chi connectivity index (χ3v) is 6.29. The zero-order chi connectivity index (χ0) is 22.7. The van der Waals surface area contributed by atoms with Crippen LogP contribution in [0.1, 0.15) is 22.6 Å². The van der Waals surface area contributed by atoms with Crippen LogP contribution in [-0.4, -0.2) is 36.6 Å². The van der Waals surface area contributed by atoms with Crippen molar-refractivity contribution in [1.29, 1.82) is 0 Å². The van der Waals surface area contributed by atoms with Crippen LogP contribution < -0.4 is 4.90 Å². The number of aromatic nitrogens is 1. The van der Waals surface area contributed by atoms with Crippen LogP contribution in [0.25, 0.3) is 0 Å². The van der Waals surface area contributed by atoms with Gasteiger partial charge < -0.3 is 4.90 Å². The van der Waals surface area contributed by atoms with Crippen LogP contribution in [0.2, 0.25) is 5.02 Å². The van der Waals surface area contributed by atoms with E-state index in [9.17, 15) is 13.2 Å². The molecule has 2 atom stereocenters. The van der Waals surface area contributed by atoms with Crippen molar-refractivity contribution in [3.8, 4) is 0 Å². The van der Waals surface area contributed by atoms with Crippen molar-refractivity contribution in [2.45, 2.75) is 18.6 Å². The van der Waals surface area contributed by atoms with Crippen molar-refractivity contribution in [3.05, 3.63) is 94.6 Å². The molecule has 7 heteroatoms. The van der Waals surface area contributed by atoms with Crippen LogP contribution in [0, 0.1) is 5.92 Å². The zero-order valence-corrected chi connectivity index (χ0v) is 18.5. The molecule has 168 valence electrons. The maximum atomic E-state index is 12.9. The van der Waals surface area contributed by atoms with Gasteiger partial charge in [-0.1, -0.05) is 54.1 Å². The number of rotatable bonds is 6. The average molecular weight is 460 g/mol. The molecule has 1 aliphatic heterocycles. The molecule has 0 saturated carbocycles. The van der Waals surface area contributed by atoms with Crippen LogP contribution >= 0.6 is 11.6 Å². The van der Waals surface area contributed by atoms with Gasteiger partial charge in [-0.05, 0) is 41.3 Å². The molecule has 1 fully saturated rings. The van der Waals surface area contributed by atoms with Gasteiger partial charge in [0, 0.05) is 50.4 Å². The van der Waals surface area contributed by atoms with Gasteiger partial charge in [0.1, 0.15) is 5.82 Å². The number of halogens is 4. The third kappa shape index (κ3) is 5.43. The molecule has 2 aromatic carbocycles. The quantitative estimate of drug-likeness (QED) is 0.443. The molecule has 3 aromatic rings. The second kappa shape index (κ2) is 9.51. The summed E-state index contributed by atoms with van der Waals surface area (Å²) in [5.41, 5.74) is 1.76. The van der Waals surface area contributed by atoms with E-state index in [0.29, 0.717) is 29.2 Å². The molecule has 3 nitrogen and oxygen atoms in total.